The summed E-state index contributed by atoms with van der Waals surface area (Å²) in [5.74, 6) is 1.56. The van der Waals surface area contributed by atoms with Crippen molar-refractivity contribution < 1.29 is 9.47 Å². The first-order chi connectivity index (χ1) is 10.2. The molecule has 0 aliphatic rings. The first-order valence-electron chi connectivity index (χ1n) is 7.05. The fourth-order valence-electron chi connectivity index (χ4n) is 2.16. The second-order valence-corrected chi connectivity index (χ2v) is 5.74. The van der Waals surface area contributed by atoms with E-state index in [-0.39, 0.29) is 0 Å². The number of ether oxygens (including phenoxy) is 2. The zero-order valence-corrected chi connectivity index (χ0v) is 13.6. The summed E-state index contributed by atoms with van der Waals surface area (Å²) in [6.45, 7) is 4.00. The summed E-state index contributed by atoms with van der Waals surface area (Å²) in [4.78, 5) is 5.63. The summed E-state index contributed by atoms with van der Waals surface area (Å²) in [6, 6.07) is 6.07. The van der Waals surface area contributed by atoms with Gasteiger partial charge in [-0.1, -0.05) is 6.07 Å². The van der Waals surface area contributed by atoms with Crippen LogP contribution in [0, 0.1) is 6.92 Å². The molecule has 0 amide bonds. The maximum absolute atomic E-state index is 5.32. The Morgan fingerprint density at radius 1 is 1.10 bits per heavy atom. The third-order valence-electron chi connectivity index (χ3n) is 3.41. The molecule has 5 heteroatoms. The Morgan fingerprint density at radius 3 is 2.52 bits per heavy atom. The quantitative estimate of drug-likeness (QED) is 0.762. The standard InChI is InChI=1S/C16H22N2O2S/c1-12-16(21-11-18-12)7-9-17-8-6-13-4-5-14(19-2)15(10-13)20-3/h4-5,10-11,17H,6-9H2,1-3H3. The molecule has 0 saturated heterocycles. The van der Waals surface area contributed by atoms with Crippen LogP contribution < -0.4 is 14.8 Å². The fourth-order valence-corrected chi connectivity index (χ4v) is 2.94. The second kappa shape index (κ2) is 8.00. The van der Waals surface area contributed by atoms with Crippen molar-refractivity contribution in [1.29, 1.82) is 0 Å². The van der Waals surface area contributed by atoms with Crippen LogP contribution in [-0.4, -0.2) is 32.3 Å². The normalized spacial score (nSPS) is 10.6. The smallest absolute Gasteiger partial charge is 0.160 e. The van der Waals surface area contributed by atoms with Gasteiger partial charge in [-0.05, 0) is 44.0 Å². The minimum Gasteiger partial charge on any atom is -0.493 e. The first kappa shape index (κ1) is 15.8. The van der Waals surface area contributed by atoms with Crippen LogP contribution in [0.2, 0.25) is 0 Å². The molecule has 0 spiro atoms. The number of aryl methyl sites for hydroxylation is 1. The van der Waals surface area contributed by atoms with E-state index in [2.05, 4.69) is 23.3 Å². The van der Waals surface area contributed by atoms with Gasteiger partial charge >= 0.3 is 0 Å². The Labute approximate surface area is 130 Å². The molecule has 1 aromatic heterocycles. The van der Waals surface area contributed by atoms with Crippen molar-refractivity contribution in [1.82, 2.24) is 10.3 Å². The van der Waals surface area contributed by atoms with Gasteiger partial charge in [0, 0.05) is 11.4 Å². The number of hydrogen-bond donors (Lipinski definition) is 1. The Kier molecular flexibility index (Phi) is 6.02. The van der Waals surface area contributed by atoms with Gasteiger partial charge in [-0.25, -0.2) is 4.98 Å². The van der Waals surface area contributed by atoms with E-state index in [0.717, 1.165) is 43.1 Å². The highest BCUT2D eigenvalue weighted by atomic mass is 32.1. The third-order valence-corrected chi connectivity index (χ3v) is 4.41. The lowest BCUT2D eigenvalue weighted by Gasteiger charge is -2.10. The van der Waals surface area contributed by atoms with E-state index >= 15 is 0 Å². The molecule has 2 rings (SSSR count). The van der Waals surface area contributed by atoms with Crippen molar-refractivity contribution in [2.75, 3.05) is 27.3 Å². The maximum Gasteiger partial charge on any atom is 0.160 e. The molecule has 114 valence electrons. The number of hydrogen-bond acceptors (Lipinski definition) is 5. The fraction of sp³-hybridized carbons (Fsp3) is 0.438. The number of thiazole rings is 1. The summed E-state index contributed by atoms with van der Waals surface area (Å²) in [7, 11) is 3.32. The Bertz CT molecular complexity index is 569. The van der Waals surface area contributed by atoms with Crippen LogP contribution in [0.25, 0.3) is 0 Å². The van der Waals surface area contributed by atoms with Gasteiger partial charge in [0.15, 0.2) is 11.5 Å². The lowest BCUT2D eigenvalue weighted by molar-refractivity contribution is 0.354. The van der Waals surface area contributed by atoms with Crippen LogP contribution in [0.1, 0.15) is 16.1 Å². The summed E-state index contributed by atoms with van der Waals surface area (Å²) in [6.07, 6.45) is 2.02. The molecule has 21 heavy (non-hydrogen) atoms. The summed E-state index contributed by atoms with van der Waals surface area (Å²) in [5, 5.41) is 3.47. The molecule has 1 N–H and O–H groups in total. The van der Waals surface area contributed by atoms with Crippen molar-refractivity contribution in [3.05, 3.63) is 39.8 Å². The second-order valence-electron chi connectivity index (χ2n) is 4.80. The molecule has 2 aromatic rings. The predicted octanol–water partition coefficient (Wildman–Crippen LogP) is 2.84. The van der Waals surface area contributed by atoms with Crippen LogP contribution >= 0.6 is 11.3 Å². The van der Waals surface area contributed by atoms with Gasteiger partial charge < -0.3 is 14.8 Å². The zero-order valence-electron chi connectivity index (χ0n) is 12.8. The largest absolute Gasteiger partial charge is 0.493 e. The average Bonchev–Trinajstić information content (AvgIpc) is 2.92. The van der Waals surface area contributed by atoms with Crippen LogP contribution in [-0.2, 0) is 12.8 Å². The SMILES string of the molecule is COc1ccc(CCNCCc2scnc2C)cc1OC. The van der Waals surface area contributed by atoms with E-state index in [9.17, 15) is 0 Å². The molecule has 0 bridgehead atoms. The molecule has 4 nitrogen and oxygen atoms in total. The lowest BCUT2D eigenvalue weighted by Crippen LogP contribution is -2.20. The van der Waals surface area contributed by atoms with Crippen LogP contribution in [0.3, 0.4) is 0 Å². The van der Waals surface area contributed by atoms with Gasteiger partial charge in [0.05, 0.1) is 25.4 Å². The molecule has 0 radical (unpaired) electrons. The minimum atomic E-state index is 0.773. The number of nitrogens with one attached hydrogen (secondary N) is 1. The molecule has 0 atom stereocenters. The molecule has 0 aliphatic heterocycles. The van der Waals surface area contributed by atoms with Crippen molar-refractivity contribution in [2.24, 2.45) is 0 Å². The van der Waals surface area contributed by atoms with Gasteiger partial charge in [0.1, 0.15) is 0 Å². The van der Waals surface area contributed by atoms with E-state index in [1.165, 1.54) is 10.4 Å². The van der Waals surface area contributed by atoms with E-state index < -0.39 is 0 Å². The molecule has 1 aromatic carbocycles. The summed E-state index contributed by atoms with van der Waals surface area (Å²) < 4.78 is 10.6. The van der Waals surface area contributed by atoms with Gasteiger partial charge in [0.2, 0.25) is 0 Å². The number of aromatic nitrogens is 1. The number of methoxy groups -OCH3 is 2. The lowest BCUT2D eigenvalue weighted by atomic mass is 10.1. The maximum atomic E-state index is 5.32. The van der Waals surface area contributed by atoms with Gasteiger partial charge in [-0.15, -0.1) is 11.3 Å². The Hall–Kier alpha value is -1.59. The summed E-state index contributed by atoms with van der Waals surface area (Å²) >= 11 is 1.73. The van der Waals surface area contributed by atoms with E-state index in [1.807, 2.05) is 17.6 Å². The van der Waals surface area contributed by atoms with Crippen LogP contribution in [0.15, 0.2) is 23.7 Å². The van der Waals surface area contributed by atoms with Crippen LogP contribution in [0.4, 0.5) is 0 Å². The van der Waals surface area contributed by atoms with E-state index in [0.29, 0.717) is 0 Å². The molecule has 0 fully saturated rings. The van der Waals surface area contributed by atoms with Crippen molar-refractivity contribution in [3.8, 4) is 11.5 Å². The minimum absolute atomic E-state index is 0.773. The number of nitrogens with zero attached hydrogens (tertiary/aromatic N) is 1. The Morgan fingerprint density at radius 2 is 1.86 bits per heavy atom. The van der Waals surface area contributed by atoms with Gasteiger partial charge in [0.25, 0.3) is 0 Å². The Balaban J connectivity index is 1.74. The molecular weight excluding hydrogens is 284 g/mol. The molecule has 1 heterocycles. The van der Waals surface area contributed by atoms with Crippen molar-refractivity contribution in [2.45, 2.75) is 19.8 Å². The van der Waals surface area contributed by atoms with Gasteiger partial charge in [-0.2, -0.15) is 0 Å². The van der Waals surface area contributed by atoms with Crippen molar-refractivity contribution in [3.63, 3.8) is 0 Å². The van der Waals surface area contributed by atoms with E-state index in [1.54, 1.807) is 25.6 Å². The molecule has 0 saturated carbocycles. The average molecular weight is 306 g/mol. The van der Waals surface area contributed by atoms with Crippen molar-refractivity contribution >= 4 is 11.3 Å². The molecular formula is C16H22N2O2S. The first-order valence-corrected chi connectivity index (χ1v) is 7.93. The highest BCUT2D eigenvalue weighted by Gasteiger charge is 2.04. The number of benzene rings is 1. The predicted molar refractivity (Wildman–Crippen MR) is 86.7 cm³/mol. The summed E-state index contributed by atoms with van der Waals surface area (Å²) in [5.41, 5.74) is 4.31. The molecule has 0 unspecified atom stereocenters. The molecule has 0 aliphatic carbocycles. The van der Waals surface area contributed by atoms with E-state index in [4.69, 9.17) is 9.47 Å². The third kappa shape index (κ3) is 4.44. The topological polar surface area (TPSA) is 43.4 Å². The number of rotatable bonds is 8. The highest BCUT2D eigenvalue weighted by Crippen LogP contribution is 2.27. The van der Waals surface area contributed by atoms with Gasteiger partial charge in [-0.3, -0.25) is 0 Å². The highest BCUT2D eigenvalue weighted by molar-refractivity contribution is 7.09. The monoisotopic (exact) mass is 306 g/mol. The van der Waals surface area contributed by atoms with Crippen LogP contribution in [0.5, 0.6) is 11.5 Å². The zero-order chi connectivity index (χ0) is 15.1.